The average Bonchev–Trinajstić information content (AvgIpc) is 1.99. The molecule has 0 fully saturated rings. The molecule has 0 saturated carbocycles. The molecule has 0 aliphatic carbocycles. The van der Waals surface area contributed by atoms with Crippen molar-refractivity contribution in [1.29, 1.82) is 5.26 Å². The van der Waals surface area contributed by atoms with Gasteiger partial charge in [-0.05, 0) is 25.6 Å². The molecule has 64 valence electrons. The maximum atomic E-state index is 8.28. The molecule has 0 radical (unpaired) electrons. The monoisotopic (exact) mass is 171 g/mol. The molecule has 0 aromatic carbocycles. The third-order valence-corrected chi connectivity index (χ3v) is 4.53. The smallest absolute Gasteiger partial charge is 0.186 e. The molecule has 0 aromatic rings. The number of unbranched alkanes of at least 4 members (excludes halogenated alkanes) is 2. The Hall–Kier alpha value is -0.333. The number of nitriles is 1. The van der Waals surface area contributed by atoms with Crippen LogP contribution in [0.15, 0.2) is 0 Å². The van der Waals surface area contributed by atoms with Crippen LogP contribution in [0.2, 0.25) is 19.1 Å². The van der Waals surface area contributed by atoms with E-state index in [0.29, 0.717) is 6.42 Å². The summed E-state index contributed by atoms with van der Waals surface area (Å²) in [4.78, 5) is 0. The minimum absolute atomic E-state index is 0.689. The highest BCUT2D eigenvalue weighted by Gasteiger charge is 2.18. The Morgan fingerprint density at radius 2 is 2.00 bits per heavy atom. The highest BCUT2D eigenvalue weighted by atomic mass is 28.4. The van der Waals surface area contributed by atoms with Gasteiger partial charge in [0.2, 0.25) is 0 Å². The van der Waals surface area contributed by atoms with Gasteiger partial charge in [-0.1, -0.05) is 6.42 Å². The van der Waals surface area contributed by atoms with E-state index in [1.807, 2.05) is 0 Å². The molecule has 3 heteroatoms. The van der Waals surface area contributed by atoms with Gasteiger partial charge in [-0.2, -0.15) is 5.26 Å². The summed E-state index contributed by atoms with van der Waals surface area (Å²) in [5, 5.41) is 8.28. The average molecular weight is 171 g/mol. The van der Waals surface area contributed by atoms with Crippen molar-refractivity contribution in [1.82, 2.24) is 0 Å². The van der Waals surface area contributed by atoms with E-state index in [2.05, 4.69) is 19.2 Å². The van der Waals surface area contributed by atoms with Crippen molar-refractivity contribution in [2.45, 2.75) is 38.4 Å². The second-order valence-corrected chi connectivity index (χ2v) is 7.76. The number of nitrogens with zero attached hydrogens (tertiary/aromatic N) is 1. The first-order chi connectivity index (χ1) is 5.12. The van der Waals surface area contributed by atoms with E-state index in [0.717, 1.165) is 12.8 Å². The molecule has 0 rings (SSSR count). The molecule has 0 bridgehead atoms. The lowest BCUT2D eigenvalue weighted by molar-refractivity contribution is 0.401. The van der Waals surface area contributed by atoms with Crippen molar-refractivity contribution in [3.05, 3.63) is 0 Å². The Labute approximate surface area is 70.3 Å². The van der Waals surface area contributed by atoms with Crippen molar-refractivity contribution in [3.63, 3.8) is 0 Å². The summed E-state index contributed by atoms with van der Waals surface area (Å²) in [6.45, 7) is 4.42. The van der Waals surface area contributed by atoms with E-state index in [4.69, 9.17) is 9.69 Å². The fourth-order valence-electron chi connectivity index (χ4n) is 0.857. The molecular weight excluding hydrogens is 154 g/mol. The van der Waals surface area contributed by atoms with Crippen LogP contribution in [0.25, 0.3) is 0 Å². The fraction of sp³-hybridized carbons (Fsp3) is 0.875. The van der Waals surface area contributed by atoms with Crippen molar-refractivity contribution in [3.8, 4) is 6.07 Å². The molecule has 0 aliphatic heterocycles. The maximum Gasteiger partial charge on any atom is 0.186 e. The van der Waals surface area contributed by atoms with E-state index >= 15 is 0 Å². The molecule has 0 unspecified atom stereocenters. The van der Waals surface area contributed by atoms with Gasteiger partial charge >= 0.3 is 0 Å². The van der Waals surface area contributed by atoms with Crippen LogP contribution in [0.3, 0.4) is 0 Å². The molecule has 0 aromatic heterocycles. The van der Waals surface area contributed by atoms with Crippen molar-refractivity contribution < 1.29 is 4.43 Å². The summed E-state index contributed by atoms with van der Waals surface area (Å²) in [5.74, 6) is 0. The van der Waals surface area contributed by atoms with Gasteiger partial charge in [0.1, 0.15) is 0 Å². The summed E-state index contributed by atoms with van der Waals surface area (Å²) >= 11 is 0. The Balaban J connectivity index is 3.32. The van der Waals surface area contributed by atoms with Crippen LogP contribution in [0, 0.1) is 11.3 Å². The molecule has 0 N–H and O–H groups in total. The van der Waals surface area contributed by atoms with Crippen LogP contribution in [0.1, 0.15) is 19.3 Å². The van der Waals surface area contributed by atoms with Gasteiger partial charge in [0.15, 0.2) is 8.32 Å². The van der Waals surface area contributed by atoms with Crippen LogP contribution in [0.5, 0.6) is 0 Å². The predicted octanol–water partition coefficient (Wildman–Crippen LogP) is 2.53. The topological polar surface area (TPSA) is 33.0 Å². The second kappa shape index (κ2) is 5.33. The quantitative estimate of drug-likeness (QED) is 0.470. The third-order valence-electron chi connectivity index (χ3n) is 1.87. The van der Waals surface area contributed by atoms with Crippen LogP contribution in [0.4, 0.5) is 0 Å². The highest BCUT2D eigenvalue weighted by molar-refractivity contribution is 6.71. The predicted molar refractivity (Wildman–Crippen MR) is 48.8 cm³/mol. The minimum atomic E-state index is -1.34. The molecule has 0 heterocycles. The second-order valence-electron chi connectivity index (χ2n) is 3.33. The minimum Gasteiger partial charge on any atom is -0.420 e. The zero-order chi connectivity index (χ0) is 8.74. The Morgan fingerprint density at radius 1 is 1.36 bits per heavy atom. The van der Waals surface area contributed by atoms with Gasteiger partial charge < -0.3 is 4.43 Å². The summed E-state index contributed by atoms with van der Waals surface area (Å²) in [6.07, 6.45) is 2.85. The van der Waals surface area contributed by atoms with E-state index in [-0.39, 0.29) is 0 Å². The fourth-order valence-corrected chi connectivity index (χ4v) is 2.16. The van der Waals surface area contributed by atoms with Crippen molar-refractivity contribution in [2.24, 2.45) is 0 Å². The van der Waals surface area contributed by atoms with Crippen molar-refractivity contribution in [2.75, 3.05) is 7.11 Å². The molecule has 11 heavy (non-hydrogen) atoms. The summed E-state index contributed by atoms with van der Waals surface area (Å²) in [5.41, 5.74) is 0. The van der Waals surface area contributed by atoms with Crippen LogP contribution in [-0.4, -0.2) is 15.4 Å². The highest BCUT2D eigenvalue weighted by Crippen LogP contribution is 2.14. The summed E-state index contributed by atoms with van der Waals surface area (Å²) in [6, 6.07) is 3.32. The zero-order valence-corrected chi connectivity index (χ0v) is 8.68. The van der Waals surface area contributed by atoms with Crippen molar-refractivity contribution >= 4 is 8.32 Å². The first kappa shape index (κ1) is 10.7. The van der Waals surface area contributed by atoms with Gasteiger partial charge in [-0.3, -0.25) is 0 Å². The Kier molecular flexibility index (Phi) is 5.17. The lowest BCUT2D eigenvalue weighted by atomic mass is 10.3. The van der Waals surface area contributed by atoms with Crippen LogP contribution < -0.4 is 0 Å². The first-order valence-electron chi connectivity index (χ1n) is 4.04. The first-order valence-corrected chi connectivity index (χ1v) is 7.16. The van der Waals surface area contributed by atoms with E-state index < -0.39 is 8.32 Å². The maximum absolute atomic E-state index is 8.28. The molecule has 0 spiro atoms. The molecule has 0 amide bonds. The van der Waals surface area contributed by atoms with Crippen LogP contribution in [-0.2, 0) is 4.43 Å². The standard InChI is InChI=1S/C8H17NOSi/c1-10-11(2,3)8-6-4-5-7-9/h4-6,8H2,1-3H3. The molecule has 2 nitrogen and oxygen atoms in total. The van der Waals surface area contributed by atoms with E-state index in [1.54, 1.807) is 7.11 Å². The molecule has 0 aliphatic rings. The van der Waals surface area contributed by atoms with E-state index in [1.165, 1.54) is 6.04 Å². The lowest BCUT2D eigenvalue weighted by Crippen LogP contribution is -2.27. The Bertz CT molecular complexity index is 140. The number of rotatable bonds is 5. The van der Waals surface area contributed by atoms with Crippen LogP contribution >= 0.6 is 0 Å². The molecule has 0 atom stereocenters. The Morgan fingerprint density at radius 3 is 2.45 bits per heavy atom. The zero-order valence-electron chi connectivity index (χ0n) is 7.68. The van der Waals surface area contributed by atoms with Gasteiger partial charge in [0.05, 0.1) is 6.07 Å². The summed E-state index contributed by atoms with van der Waals surface area (Å²) < 4.78 is 5.37. The number of hydrogen-bond donors (Lipinski definition) is 0. The van der Waals surface area contributed by atoms with E-state index in [9.17, 15) is 0 Å². The normalized spacial score (nSPS) is 11.1. The molecule has 0 saturated heterocycles. The summed E-state index contributed by atoms with van der Waals surface area (Å²) in [7, 11) is 0.452. The molecular formula is C8H17NOSi. The SMILES string of the molecule is CO[Si](C)(C)CCCCC#N. The van der Waals surface area contributed by atoms with Gasteiger partial charge in [-0.25, -0.2) is 0 Å². The largest absolute Gasteiger partial charge is 0.420 e. The third kappa shape index (κ3) is 6.08. The lowest BCUT2D eigenvalue weighted by Gasteiger charge is -2.18. The van der Waals surface area contributed by atoms with Gasteiger partial charge in [0.25, 0.3) is 0 Å². The van der Waals surface area contributed by atoms with Gasteiger partial charge in [-0.15, -0.1) is 0 Å². The number of hydrogen-bond acceptors (Lipinski definition) is 2. The van der Waals surface area contributed by atoms with Gasteiger partial charge in [0, 0.05) is 13.5 Å².